The van der Waals surface area contributed by atoms with Crippen LogP contribution >= 0.6 is 11.5 Å². The Morgan fingerprint density at radius 3 is 2.82 bits per heavy atom. The maximum Gasteiger partial charge on any atom is 0.237 e. The fraction of sp³-hybridized carbons (Fsp3) is 0.812. The molecule has 120 valence electrons. The number of hydrogen-bond acceptors (Lipinski definition) is 5. The van der Waals surface area contributed by atoms with E-state index in [4.69, 9.17) is 0 Å². The van der Waals surface area contributed by atoms with Crippen LogP contribution in [0.5, 0.6) is 0 Å². The molecule has 0 N–H and O–H groups in total. The summed E-state index contributed by atoms with van der Waals surface area (Å²) in [5.41, 5.74) is 1.14. The summed E-state index contributed by atoms with van der Waals surface area (Å²) < 4.78 is 4.10. The summed E-state index contributed by atoms with van der Waals surface area (Å²) in [6, 6.07) is 0.606. The van der Waals surface area contributed by atoms with Gasteiger partial charge in [0.1, 0.15) is 0 Å². The molecule has 2 fully saturated rings. The first-order valence-corrected chi connectivity index (χ1v) is 9.23. The molecule has 4 atom stereocenters. The van der Waals surface area contributed by atoms with Crippen LogP contribution in [0.4, 0.5) is 0 Å². The molecule has 1 aromatic heterocycles. The number of piperidine rings is 1. The van der Waals surface area contributed by atoms with Crippen LogP contribution in [-0.2, 0) is 11.2 Å². The molecule has 1 aromatic rings. The molecular formula is C16H24N4OS. The number of aromatic nitrogens is 2. The van der Waals surface area contributed by atoms with E-state index < -0.39 is 0 Å². The minimum atomic E-state index is 0.251. The van der Waals surface area contributed by atoms with Gasteiger partial charge in [-0.3, -0.25) is 9.69 Å². The lowest BCUT2D eigenvalue weighted by atomic mass is 9.92. The van der Waals surface area contributed by atoms with E-state index in [0.29, 0.717) is 30.3 Å². The standard InChI is InChI=1S/C16H24N4OS/c1-10-5-11(2)8-19(7-10)9-15(21)20-12-3-4-14(20)16-13(6-12)17-18-22-16/h10-12,14H,3-9H2,1-2H3. The largest absolute Gasteiger partial charge is 0.330 e. The van der Waals surface area contributed by atoms with Gasteiger partial charge in [0, 0.05) is 25.6 Å². The molecule has 0 aliphatic carbocycles. The van der Waals surface area contributed by atoms with E-state index in [2.05, 4.69) is 33.2 Å². The molecule has 3 aliphatic heterocycles. The van der Waals surface area contributed by atoms with Crippen LogP contribution in [0.25, 0.3) is 0 Å². The van der Waals surface area contributed by atoms with Crippen molar-refractivity contribution < 1.29 is 4.79 Å². The van der Waals surface area contributed by atoms with Crippen molar-refractivity contribution in [3.63, 3.8) is 0 Å². The van der Waals surface area contributed by atoms with E-state index in [0.717, 1.165) is 38.0 Å². The molecule has 4 heterocycles. The average Bonchev–Trinajstić information content (AvgIpc) is 3.02. The fourth-order valence-corrected chi connectivity index (χ4v) is 5.56. The van der Waals surface area contributed by atoms with Crippen molar-refractivity contribution >= 4 is 17.4 Å². The topological polar surface area (TPSA) is 49.3 Å². The van der Waals surface area contributed by atoms with Gasteiger partial charge in [-0.15, -0.1) is 5.10 Å². The van der Waals surface area contributed by atoms with E-state index in [-0.39, 0.29) is 6.04 Å². The van der Waals surface area contributed by atoms with Gasteiger partial charge < -0.3 is 4.90 Å². The Hall–Kier alpha value is -1.01. The third-order valence-corrected chi connectivity index (χ3v) is 6.28. The van der Waals surface area contributed by atoms with Crippen molar-refractivity contribution in [2.75, 3.05) is 19.6 Å². The first kappa shape index (κ1) is 14.6. The van der Waals surface area contributed by atoms with Gasteiger partial charge in [-0.25, -0.2) is 0 Å². The Kier molecular flexibility index (Phi) is 3.69. The minimum absolute atomic E-state index is 0.251. The molecule has 5 nitrogen and oxygen atoms in total. The van der Waals surface area contributed by atoms with Crippen LogP contribution in [0.1, 0.15) is 49.7 Å². The Balaban J connectivity index is 1.47. The number of hydrogen-bond donors (Lipinski definition) is 0. The summed E-state index contributed by atoms with van der Waals surface area (Å²) in [6.07, 6.45) is 4.39. The summed E-state index contributed by atoms with van der Waals surface area (Å²) in [5, 5.41) is 4.25. The van der Waals surface area contributed by atoms with Crippen molar-refractivity contribution in [1.29, 1.82) is 0 Å². The zero-order valence-corrected chi connectivity index (χ0v) is 14.2. The lowest BCUT2D eigenvalue weighted by molar-refractivity contribution is -0.136. The zero-order chi connectivity index (χ0) is 15.3. The van der Waals surface area contributed by atoms with Crippen molar-refractivity contribution in [3.8, 4) is 0 Å². The summed E-state index contributed by atoms with van der Waals surface area (Å²) in [6.45, 7) is 7.31. The second-order valence-electron chi connectivity index (χ2n) is 7.48. The molecule has 0 spiro atoms. The molecule has 4 rings (SSSR count). The van der Waals surface area contributed by atoms with E-state index >= 15 is 0 Å². The first-order valence-electron chi connectivity index (χ1n) is 8.46. The molecular weight excluding hydrogens is 296 g/mol. The lowest BCUT2D eigenvalue weighted by Gasteiger charge is -2.38. The van der Waals surface area contributed by atoms with Gasteiger partial charge in [-0.05, 0) is 42.6 Å². The third kappa shape index (κ3) is 2.46. The zero-order valence-electron chi connectivity index (χ0n) is 13.4. The number of nitrogens with zero attached hydrogens (tertiary/aromatic N) is 4. The third-order valence-electron chi connectivity index (χ3n) is 5.41. The Labute approximate surface area is 135 Å². The van der Waals surface area contributed by atoms with Gasteiger partial charge in [0.2, 0.25) is 5.91 Å². The molecule has 0 radical (unpaired) electrons. The number of carbonyl (C=O) groups excluding carboxylic acids is 1. The van der Waals surface area contributed by atoms with E-state index in [1.54, 1.807) is 0 Å². The van der Waals surface area contributed by atoms with Crippen LogP contribution in [0.2, 0.25) is 0 Å². The molecule has 1 amide bonds. The number of likely N-dealkylation sites (tertiary alicyclic amines) is 1. The number of fused-ring (bicyclic) bond motifs is 4. The number of rotatable bonds is 2. The van der Waals surface area contributed by atoms with E-state index in [1.807, 2.05) is 0 Å². The second kappa shape index (κ2) is 5.57. The minimum Gasteiger partial charge on any atom is -0.330 e. The Morgan fingerprint density at radius 1 is 1.27 bits per heavy atom. The van der Waals surface area contributed by atoms with Gasteiger partial charge in [-0.2, -0.15) is 0 Å². The molecule has 0 aromatic carbocycles. The number of amides is 1. The van der Waals surface area contributed by atoms with E-state index in [9.17, 15) is 4.79 Å². The van der Waals surface area contributed by atoms with Crippen molar-refractivity contribution in [3.05, 3.63) is 10.6 Å². The molecule has 2 saturated heterocycles. The fourth-order valence-electron chi connectivity index (χ4n) is 4.75. The maximum absolute atomic E-state index is 12.9. The molecule has 4 unspecified atom stereocenters. The predicted molar refractivity (Wildman–Crippen MR) is 85.6 cm³/mol. The van der Waals surface area contributed by atoms with Crippen LogP contribution in [0, 0.1) is 11.8 Å². The van der Waals surface area contributed by atoms with Gasteiger partial charge in [0.05, 0.1) is 23.2 Å². The van der Waals surface area contributed by atoms with Crippen molar-refractivity contribution in [1.82, 2.24) is 19.4 Å². The highest BCUT2D eigenvalue weighted by molar-refractivity contribution is 7.05. The van der Waals surface area contributed by atoms with Gasteiger partial charge in [0.25, 0.3) is 0 Å². The monoisotopic (exact) mass is 320 g/mol. The predicted octanol–water partition coefficient (Wildman–Crippen LogP) is 2.10. The van der Waals surface area contributed by atoms with Crippen LogP contribution in [0.3, 0.4) is 0 Å². The highest BCUT2D eigenvalue weighted by Crippen LogP contribution is 2.44. The molecule has 3 aliphatic rings. The SMILES string of the molecule is CC1CC(C)CN(CC(=O)N2C3CCC2c2snnc2C3)C1. The Bertz CT molecular complexity index is 564. The van der Waals surface area contributed by atoms with Gasteiger partial charge >= 0.3 is 0 Å². The molecule has 6 heteroatoms. The Morgan fingerprint density at radius 2 is 2.05 bits per heavy atom. The molecule has 2 bridgehead atoms. The smallest absolute Gasteiger partial charge is 0.237 e. The summed E-state index contributed by atoms with van der Waals surface area (Å²) >= 11 is 1.48. The summed E-state index contributed by atoms with van der Waals surface area (Å²) in [7, 11) is 0. The lowest BCUT2D eigenvalue weighted by Crippen LogP contribution is -2.49. The van der Waals surface area contributed by atoms with E-state index in [1.165, 1.54) is 22.8 Å². The van der Waals surface area contributed by atoms with Gasteiger partial charge in [0.15, 0.2) is 0 Å². The van der Waals surface area contributed by atoms with Crippen LogP contribution < -0.4 is 0 Å². The highest BCUT2D eigenvalue weighted by Gasteiger charge is 2.44. The van der Waals surface area contributed by atoms with Crippen molar-refractivity contribution in [2.45, 2.75) is 51.6 Å². The first-order chi connectivity index (χ1) is 10.6. The number of carbonyl (C=O) groups is 1. The average molecular weight is 320 g/mol. The quantitative estimate of drug-likeness (QED) is 0.837. The maximum atomic E-state index is 12.9. The molecule has 22 heavy (non-hydrogen) atoms. The van der Waals surface area contributed by atoms with Crippen LogP contribution in [0.15, 0.2) is 0 Å². The van der Waals surface area contributed by atoms with Gasteiger partial charge in [-0.1, -0.05) is 18.3 Å². The normalized spacial score (nSPS) is 34.7. The summed E-state index contributed by atoms with van der Waals surface area (Å²) in [5.74, 6) is 1.71. The van der Waals surface area contributed by atoms with Crippen LogP contribution in [-0.4, -0.2) is 51.0 Å². The second-order valence-corrected chi connectivity index (χ2v) is 8.26. The van der Waals surface area contributed by atoms with Crippen molar-refractivity contribution in [2.24, 2.45) is 11.8 Å². The summed E-state index contributed by atoms with van der Waals surface area (Å²) in [4.78, 5) is 18.7. The highest BCUT2D eigenvalue weighted by atomic mass is 32.1. The molecule has 0 saturated carbocycles.